The number of nitrogens with zero attached hydrogens (tertiary/aromatic N) is 2. The summed E-state index contributed by atoms with van der Waals surface area (Å²) in [5.41, 5.74) is 1.87. The Hall–Kier alpha value is -2.57. The van der Waals surface area contributed by atoms with Crippen LogP contribution >= 0.6 is 11.6 Å². The minimum Gasteiger partial charge on any atom is -0.368 e. The molecule has 2 aromatic carbocycles. The lowest BCUT2D eigenvalue weighted by molar-refractivity contribution is -0.125. The topological polar surface area (TPSA) is 64.7 Å². The largest absolute Gasteiger partial charge is 0.368 e. The molecule has 7 heteroatoms. The van der Waals surface area contributed by atoms with E-state index in [-0.39, 0.29) is 5.91 Å². The standard InChI is InChI=1S/C20H23ClN4O2/c1-22-20(27)23-19(26)18(15-7-3-2-4-8-15)25-13-11-24(12-14-25)17-10-6-5-9-16(17)21/h2-10,18H,11-14H2,1H3,(H2,22,23,26,27)/t18-/m1/s1. The number of imide groups is 1. The lowest BCUT2D eigenvalue weighted by Gasteiger charge is -2.39. The van der Waals surface area contributed by atoms with Gasteiger partial charge in [0.05, 0.1) is 10.7 Å². The highest BCUT2D eigenvalue weighted by molar-refractivity contribution is 6.33. The van der Waals surface area contributed by atoms with Crippen molar-refractivity contribution in [1.29, 1.82) is 0 Å². The van der Waals surface area contributed by atoms with Gasteiger partial charge >= 0.3 is 6.03 Å². The summed E-state index contributed by atoms with van der Waals surface area (Å²) >= 11 is 6.31. The van der Waals surface area contributed by atoms with E-state index in [9.17, 15) is 9.59 Å². The van der Waals surface area contributed by atoms with Gasteiger partial charge in [0.2, 0.25) is 5.91 Å². The highest BCUT2D eigenvalue weighted by atomic mass is 35.5. The van der Waals surface area contributed by atoms with Crippen molar-refractivity contribution in [3.8, 4) is 0 Å². The molecule has 0 aliphatic carbocycles. The number of benzene rings is 2. The molecule has 27 heavy (non-hydrogen) atoms. The van der Waals surface area contributed by atoms with E-state index in [1.807, 2.05) is 54.6 Å². The van der Waals surface area contributed by atoms with E-state index < -0.39 is 12.1 Å². The van der Waals surface area contributed by atoms with Crippen LogP contribution in [0, 0.1) is 0 Å². The molecule has 2 aromatic rings. The molecule has 1 heterocycles. The minimum absolute atomic E-state index is 0.327. The van der Waals surface area contributed by atoms with Crippen LogP contribution in [0.5, 0.6) is 0 Å². The molecule has 1 aliphatic heterocycles. The lowest BCUT2D eigenvalue weighted by atomic mass is 10.0. The van der Waals surface area contributed by atoms with Gasteiger partial charge in [0.25, 0.3) is 0 Å². The molecule has 1 saturated heterocycles. The van der Waals surface area contributed by atoms with E-state index in [0.717, 1.165) is 29.4 Å². The zero-order chi connectivity index (χ0) is 19.2. The summed E-state index contributed by atoms with van der Waals surface area (Å²) in [4.78, 5) is 28.7. The van der Waals surface area contributed by atoms with E-state index >= 15 is 0 Å². The van der Waals surface area contributed by atoms with Crippen LogP contribution in [0.25, 0.3) is 0 Å². The number of anilines is 1. The third-order valence-corrected chi connectivity index (χ3v) is 5.02. The molecule has 0 unspecified atom stereocenters. The van der Waals surface area contributed by atoms with Gasteiger partial charge in [-0.15, -0.1) is 0 Å². The fraction of sp³-hybridized carbons (Fsp3) is 0.300. The number of urea groups is 1. The summed E-state index contributed by atoms with van der Waals surface area (Å²) in [6, 6.07) is 16.3. The average Bonchev–Trinajstić information content (AvgIpc) is 2.70. The van der Waals surface area contributed by atoms with Crippen molar-refractivity contribution >= 4 is 29.2 Å². The third-order valence-electron chi connectivity index (χ3n) is 4.70. The van der Waals surface area contributed by atoms with Crippen LogP contribution < -0.4 is 15.5 Å². The van der Waals surface area contributed by atoms with E-state index in [1.54, 1.807) is 0 Å². The van der Waals surface area contributed by atoms with E-state index in [2.05, 4.69) is 20.4 Å². The summed E-state index contributed by atoms with van der Waals surface area (Å²) in [7, 11) is 1.49. The maximum Gasteiger partial charge on any atom is 0.321 e. The molecule has 6 nitrogen and oxygen atoms in total. The maximum atomic E-state index is 12.8. The Kier molecular flexibility index (Phi) is 6.32. The van der Waals surface area contributed by atoms with Crippen molar-refractivity contribution in [1.82, 2.24) is 15.5 Å². The molecule has 1 aliphatic rings. The second kappa shape index (κ2) is 8.88. The first-order chi connectivity index (χ1) is 13.1. The van der Waals surface area contributed by atoms with Crippen LogP contribution in [-0.2, 0) is 4.79 Å². The second-order valence-corrected chi connectivity index (χ2v) is 6.76. The molecule has 0 aromatic heterocycles. The van der Waals surface area contributed by atoms with Crippen LogP contribution in [-0.4, -0.2) is 50.1 Å². The van der Waals surface area contributed by atoms with Gasteiger partial charge in [-0.25, -0.2) is 4.79 Å². The lowest BCUT2D eigenvalue weighted by Crippen LogP contribution is -2.52. The molecule has 0 radical (unpaired) electrons. The van der Waals surface area contributed by atoms with E-state index in [4.69, 9.17) is 11.6 Å². The van der Waals surface area contributed by atoms with Crippen molar-refractivity contribution in [3.05, 3.63) is 65.2 Å². The van der Waals surface area contributed by atoms with Crippen LogP contribution in [0.3, 0.4) is 0 Å². The molecule has 1 fully saturated rings. The van der Waals surface area contributed by atoms with Crippen molar-refractivity contribution in [3.63, 3.8) is 0 Å². The van der Waals surface area contributed by atoms with Gasteiger partial charge in [0, 0.05) is 33.2 Å². The quantitative estimate of drug-likeness (QED) is 0.847. The smallest absolute Gasteiger partial charge is 0.321 e. The molecule has 0 saturated carbocycles. The molecular weight excluding hydrogens is 364 g/mol. The summed E-state index contributed by atoms with van der Waals surface area (Å²) < 4.78 is 0. The van der Waals surface area contributed by atoms with Gasteiger partial charge in [-0.2, -0.15) is 0 Å². The van der Waals surface area contributed by atoms with Crippen molar-refractivity contribution in [2.45, 2.75) is 6.04 Å². The number of piperazine rings is 1. The Labute approximate surface area is 164 Å². The second-order valence-electron chi connectivity index (χ2n) is 6.36. The van der Waals surface area contributed by atoms with Crippen LogP contribution in [0.1, 0.15) is 11.6 Å². The Balaban J connectivity index is 1.75. The van der Waals surface area contributed by atoms with Crippen molar-refractivity contribution in [2.24, 2.45) is 0 Å². The predicted molar refractivity (Wildman–Crippen MR) is 107 cm³/mol. The third kappa shape index (κ3) is 4.59. The number of nitrogens with one attached hydrogen (secondary N) is 2. The fourth-order valence-corrected chi connectivity index (χ4v) is 3.59. The number of amides is 3. The summed E-state index contributed by atoms with van der Waals surface area (Å²) in [6.45, 7) is 2.87. The summed E-state index contributed by atoms with van der Waals surface area (Å²) in [5.74, 6) is -0.327. The van der Waals surface area contributed by atoms with Gasteiger partial charge < -0.3 is 10.2 Å². The van der Waals surface area contributed by atoms with Crippen molar-refractivity contribution < 1.29 is 9.59 Å². The number of hydrogen-bond donors (Lipinski definition) is 2. The molecule has 3 rings (SSSR count). The Morgan fingerprint density at radius 1 is 0.963 bits per heavy atom. The van der Waals surface area contributed by atoms with E-state index in [1.165, 1.54) is 7.05 Å². The first kappa shape index (κ1) is 19.2. The number of para-hydroxylation sites is 1. The number of halogens is 1. The monoisotopic (exact) mass is 386 g/mol. The zero-order valence-electron chi connectivity index (χ0n) is 15.2. The summed E-state index contributed by atoms with van der Waals surface area (Å²) in [5, 5.41) is 5.56. The zero-order valence-corrected chi connectivity index (χ0v) is 15.9. The molecular formula is C20H23ClN4O2. The number of hydrogen-bond acceptors (Lipinski definition) is 4. The normalized spacial score (nSPS) is 15.9. The molecule has 0 bridgehead atoms. The fourth-order valence-electron chi connectivity index (χ4n) is 3.34. The average molecular weight is 387 g/mol. The maximum absolute atomic E-state index is 12.8. The highest BCUT2D eigenvalue weighted by Crippen LogP contribution is 2.28. The van der Waals surface area contributed by atoms with Gasteiger partial charge in [-0.05, 0) is 17.7 Å². The molecule has 142 valence electrons. The Morgan fingerprint density at radius 3 is 2.22 bits per heavy atom. The molecule has 3 amide bonds. The number of rotatable bonds is 4. The summed E-state index contributed by atoms with van der Waals surface area (Å²) in [6.07, 6.45) is 0. The van der Waals surface area contributed by atoms with Gasteiger partial charge in [0.15, 0.2) is 0 Å². The first-order valence-corrected chi connectivity index (χ1v) is 9.29. The molecule has 2 N–H and O–H groups in total. The van der Waals surface area contributed by atoms with Crippen molar-refractivity contribution in [2.75, 3.05) is 38.1 Å². The Morgan fingerprint density at radius 2 is 1.59 bits per heavy atom. The van der Waals surface area contributed by atoms with Gasteiger partial charge in [0.1, 0.15) is 6.04 Å². The molecule has 0 spiro atoms. The Bertz CT molecular complexity index is 792. The van der Waals surface area contributed by atoms with E-state index in [0.29, 0.717) is 13.1 Å². The predicted octanol–water partition coefficient (Wildman–Crippen LogP) is 2.66. The van der Waals surface area contributed by atoms with Gasteiger partial charge in [-0.3, -0.25) is 15.0 Å². The van der Waals surface area contributed by atoms with Gasteiger partial charge in [-0.1, -0.05) is 54.1 Å². The SMILES string of the molecule is CNC(=O)NC(=O)[C@@H](c1ccccc1)N1CCN(c2ccccc2Cl)CC1. The van der Waals surface area contributed by atoms with Crippen LogP contribution in [0.2, 0.25) is 5.02 Å². The van der Waals surface area contributed by atoms with Crippen LogP contribution in [0.4, 0.5) is 10.5 Å². The first-order valence-electron chi connectivity index (χ1n) is 8.91. The van der Waals surface area contributed by atoms with Crippen LogP contribution in [0.15, 0.2) is 54.6 Å². The molecule has 1 atom stereocenters. The minimum atomic E-state index is -0.517. The number of carbonyl (C=O) groups is 2. The highest BCUT2D eigenvalue weighted by Gasteiger charge is 2.31. The number of carbonyl (C=O) groups excluding carboxylic acids is 2.